The van der Waals surface area contributed by atoms with Crippen LogP contribution in [-0.2, 0) is 28.9 Å². The number of hydrogen-bond acceptors (Lipinski definition) is 5. The monoisotopic (exact) mass is 377 g/mol. The highest BCUT2D eigenvalue weighted by Crippen LogP contribution is 2.17. The summed E-state index contributed by atoms with van der Waals surface area (Å²) in [5, 5.41) is 11.3. The van der Waals surface area contributed by atoms with E-state index in [0.717, 1.165) is 14.7 Å². The van der Waals surface area contributed by atoms with E-state index in [0.29, 0.717) is 17.2 Å². The fourth-order valence-electron chi connectivity index (χ4n) is 2.18. The molecule has 1 amide bonds. The quantitative estimate of drug-likeness (QED) is 0.661. The van der Waals surface area contributed by atoms with E-state index in [-0.39, 0.29) is 18.9 Å². The molecular formula is C17H19N3O5S. The summed E-state index contributed by atoms with van der Waals surface area (Å²) in [5.74, 6) is -0.0627. The molecule has 0 bridgehead atoms. The molecule has 9 heteroatoms. The molecule has 0 aliphatic carbocycles. The Morgan fingerprint density at radius 3 is 2.73 bits per heavy atom. The van der Waals surface area contributed by atoms with Crippen LogP contribution in [0.1, 0.15) is 12.0 Å². The summed E-state index contributed by atoms with van der Waals surface area (Å²) in [7, 11) is 1.35. The van der Waals surface area contributed by atoms with E-state index in [1.165, 1.54) is 31.1 Å². The highest BCUT2D eigenvalue weighted by Gasteiger charge is 2.08. The minimum absolute atomic E-state index is 0.107. The summed E-state index contributed by atoms with van der Waals surface area (Å²) in [6.07, 6.45) is 1.40. The lowest BCUT2D eigenvalue weighted by Crippen LogP contribution is -2.38. The SMILES string of the molecule is Cn1c(=O)ccn(CC(=O)Nc2cccc(CSCCC(=O)O)c2)c1=O. The van der Waals surface area contributed by atoms with Crippen LogP contribution in [0.5, 0.6) is 0 Å². The van der Waals surface area contributed by atoms with Crippen LogP contribution < -0.4 is 16.6 Å². The van der Waals surface area contributed by atoms with Crippen molar-refractivity contribution in [2.24, 2.45) is 7.05 Å². The van der Waals surface area contributed by atoms with Gasteiger partial charge in [-0.15, -0.1) is 0 Å². The number of carboxylic acid groups (broad SMARTS) is 1. The molecule has 2 aromatic rings. The Labute approximate surface area is 153 Å². The third-order valence-electron chi connectivity index (χ3n) is 3.51. The van der Waals surface area contributed by atoms with Crippen LogP contribution in [0.2, 0.25) is 0 Å². The molecule has 0 aliphatic heterocycles. The zero-order chi connectivity index (χ0) is 19.1. The lowest BCUT2D eigenvalue weighted by Gasteiger charge is -2.09. The number of aromatic nitrogens is 2. The Morgan fingerprint density at radius 1 is 1.23 bits per heavy atom. The van der Waals surface area contributed by atoms with Crippen molar-refractivity contribution in [1.29, 1.82) is 0 Å². The Morgan fingerprint density at radius 2 is 2.00 bits per heavy atom. The number of rotatable bonds is 8. The Bertz CT molecular complexity index is 919. The molecule has 0 atom stereocenters. The summed E-state index contributed by atoms with van der Waals surface area (Å²) in [6.45, 7) is -0.204. The Kier molecular flexibility index (Phi) is 6.79. The molecule has 1 aromatic heterocycles. The molecule has 0 unspecified atom stereocenters. The standard InChI is InChI=1S/C17H19N3O5S/c1-19-15(22)5-7-20(17(19)25)10-14(21)18-13-4-2-3-12(9-13)11-26-8-6-16(23)24/h2-5,7,9H,6,8,10-11H2,1H3,(H,18,21)(H,23,24). The summed E-state index contributed by atoms with van der Waals surface area (Å²) in [6, 6.07) is 8.44. The largest absolute Gasteiger partial charge is 0.481 e. The van der Waals surface area contributed by atoms with Crippen molar-refractivity contribution in [2.45, 2.75) is 18.7 Å². The molecule has 0 saturated carbocycles. The average Bonchev–Trinajstić information content (AvgIpc) is 2.59. The third kappa shape index (κ3) is 5.62. The molecule has 2 rings (SSSR count). The first-order valence-corrected chi connectivity index (χ1v) is 8.97. The second kappa shape index (κ2) is 9.04. The van der Waals surface area contributed by atoms with Crippen LogP contribution in [0.25, 0.3) is 0 Å². The second-order valence-electron chi connectivity index (χ2n) is 5.57. The number of nitrogens with one attached hydrogen (secondary N) is 1. The fraction of sp³-hybridized carbons (Fsp3) is 0.294. The molecule has 0 radical (unpaired) electrons. The van der Waals surface area contributed by atoms with Crippen molar-refractivity contribution in [1.82, 2.24) is 9.13 Å². The van der Waals surface area contributed by atoms with E-state index in [2.05, 4.69) is 5.32 Å². The molecule has 1 heterocycles. The van der Waals surface area contributed by atoms with Gasteiger partial charge in [0.2, 0.25) is 5.91 Å². The number of thioether (sulfide) groups is 1. The number of benzene rings is 1. The number of hydrogen-bond donors (Lipinski definition) is 2. The molecule has 138 valence electrons. The minimum atomic E-state index is -0.827. The topological polar surface area (TPSA) is 110 Å². The number of aliphatic carboxylic acids is 1. The molecule has 0 saturated heterocycles. The average molecular weight is 377 g/mol. The van der Waals surface area contributed by atoms with Crippen molar-refractivity contribution >= 4 is 29.3 Å². The van der Waals surface area contributed by atoms with Gasteiger partial charge in [0.05, 0.1) is 6.42 Å². The van der Waals surface area contributed by atoms with Crippen LogP contribution in [0.4, 0.5) is 5.69 Å². The van der Waals surface area contributed by atoms with E-state index in [4.69, 9.17) is 5.11 Å². The Hall–Kier alpha value is -2.81. The normalized spacial score (nSPS) is 10.5. The third-order valence-corrected chi connectivity index (χ3v) is 4.54. The molecule has 1 aromatic carbocycles. The summed E-state index contributed by atoms with van der Waals surface area (Å²) in [4.78, 5) is 45.9. The van der Waals surface area contributed by atoms with Gasteiger partial charge in [-0.2, -0.15) is 11.8 Å². The predicted octanol–water partition coefficient (Wildman–Crippen LogP) is 0.894. The second-order valence-corrected chi connectivity index (χ2v) is 6.67. The van der Waals surface area contributed by atoms with Gasteiger partial charge in [0.15, 0.2) is 0 Å². The van der Waals surface area contributed by atoms with E-state index >= 15 is 0 Å². The van der Waals surface area contributed by atoms with Gasteiger partial charge in [0.1, 0.15) is 6.54 Å². The van der Waals surface area contributed by atoms with Gasteiger partial charge in [-0.3, -0.25) is 23.5 Å². The maximum Gasteiger partial charge on any atom is 0.331 e. The van der Waals surface area contributed by atoms with Crippen LogP contribution in [0.3, 0.4) is 0 Å². The van der Waals surface area contributed by atoms with Gasteiger partial charge in [0.25, 0.3) is 5.56 Å². The van der Waals surface area contributed by atoms with Crippen molar-refractivity contribution in [3.8, 4) is 0 Å². The minimum Gasteiger partial charge on any atom is -0.481 e. The van der Waals surface area contributed by atoms with Gasteiger partial charge in [-0.25, -0.2) is 4.79 Å². The molecule has 2 N–H and O–H groups in total. The molecule has 0 fully saturated rings. The first-order chi connectivity index (χ1) is 12.4. The fourth-order valence-corrected chi connectivity index (χ4v) is 3.06. The Balaban J connectivity index is 1.96. The lowest BCUT2D eigenvalue weighted by molar-refractivity contribution is -0.136. The van der Waals surface area contributed by atoms with Gasteiger partial charge < -0.3 is 10.4 Å². The van der Waals surface area contributed by atoms with Crippen molar-refractivity contribution < 1.29 is 14.7 Å². The van der Waals surface area contributed by atoms with Crippen molar-refractivity contribution in [3.05, 3.63) is 62.9 Å². The highest BCUT2D eigenvalue weighted by molar-refractivity contribution is 7.98. The molecule has 8 nitrogen and oxygen atoms in total. The van der Waals surface area contributed by atoms with E-state index < -0.39 is 17.2 Å². The smallest absolute Gasteiger partial charge is 0.331 e. The number of carbonyl (C=O) groups excluding carboxylic acids is 1. The van der Waals surface area contributed by atoms with Crippen molar-refractivity contribution in [3.63, 3.8) is 0 Å². The van der Waals surface area contributed by atoms with Crippen LogP contribution in [0, 0.1) is 0 Å². The molecule has 0 aliphatic rings. The van der Waals surface area contributed by atoms with Gasteiger partial charge in [-0.05, 0) is 17.7 Å². The maximum absolute atomic E-state index is 12.1. The lowest BCUT2D eigenvalue weighted by atomic mass is 10.2. The summed E-state index contributed by atoms with van der Waals surface area (Å²) >= 11 is 1.50. The van der Waals surface area contributed by atoms with Crippen LogP contribution >= 0.6 is 11.8 Å². The van der Waals surface area contributed by atoms with E-state index in [9.17, 15) is 19.2 Å². The van der Waals surface area contributed by atoms with Crippen molar-refractivity contribution in [2.75, 3.05) is 11.1 Å². The number of amides is 1. The molecule has 0 spiro atoms. The van der Waals surface area contributed by atoms with E-state index in [1.54, 1.807) is 18.2 Å². The number of nitrogens with zero attached hydrogens (tertiary/aromatic N) is 2. The predicted molar refractivity (Wildman–Crippen MR) is 99.4 cm³/mol. The molecule has 26 heavy (non-hydrogen) atoms. The van der Waals surface area contributed by atoms with Gasteiger partial charge >= 0.3 is 11.7 Å². The van der Waals surface area contributed by atoms with Gasteiger partial charge in [0, 0.05) is 36.5 Å². The summed E-state index contributed by atoms with van der Waals surface area (Å²) in [5.41, 5.74) is 0.553. The zero-order valence-corrected chi connectivity index (χ0v) is 15.0. The number of carbonyl (C=O) groups is 2. The maximum atomic E-state index is 12.1. The van der Waals surface area contributed by atoms with Crippen LogP contribution in [-0.4, -0.2) is 31.9 Å². The van der Waals surface area contributed by atoms with Crippen LogP contribution in [0.15, 0.2) is 46.1 Å². The zero-order valence-electron chi connectivity index (χ0n) is 14.2. The van der Waals surface area contributed by atoms with E-state index in [1.807, 2.05) is 6.07 Å². The first-order valence-electron chi connectivity index (χ1n) is 7.81. The highest BCUT2D eigenvalue weighted by atomic mass is 32.2. The number of anilines is 1. The first kappa shape index (κ1) is 19.5. The van der Waals surface area contributed by atoms with Gasteiger partial charge in [-0.1, -0.05) is 12.1 Å². The number of carboxylic acids is 1. The summed E-state index contributed by atoms with van der Waals surface area (Å²) < 4.78 is 2.09. The molecular weight excluding hydrogens is 358 g/mol.